The predicted molar refractivity (Wildman–Crippen MR) is 114 cm³/mol. The van der Waals surface area contributed by atoms with Crippen LogP contribution in [-0.4, -0.2) is 23.7 Å². The summed E-state index contributed by atoms with van der Waals surface area (Å²) in [5.74, 6) is -1.60. The topological polar surface area (TPSA) is 63.6 Å². The van der Waals surface area contributed by atoms with Crippen molar-refractivity contribution in [3.8, 4) is 0 Å². The molecule has 158 valence electrons. The van der Waals surface area contributed by atoms with Crippen molar-refractivity contribution in [3.05, 3.63) is 34.9 Å². The van der Waals surface area contributed by atoms with Crippen LogP contribution < -0.4 is 0 Å². The number of ether oxygens (including phenoxy) is 1. The molecule has 0 fully saturated rings. The molecule has 4 heteroatoms. The van der Waals surface area contributed by atoms with E-state index in [1.807, 2.05) is 6.07 Å². The van der Waals surface area contributed by atoms with Gasteiger partial charge in [0.1, 0.15) is 0 Å². The van der Waals surface area contributed by atoms with Gasteiger partial charge in [-0.3, -0.25) is 0 Å². The van der Waals surface area contributed by atoms with Gasteiger partial charge in [-0.2, -0.15) is 0 Å². The van der Waals surface area contributed by atoms with E-state index in [0.29, 0.717) is 6.61 Å². The maximum atomic E-state index is 12.4. The van der Waals surface area contributed by atoms with E-state index in [2.05, 4.69) is 13.8 Å². The van der Waals surface area contributed by atoms with Gasteiger partial charge < -0.3 is 9.84 Å². The number of carbonyl (C=O) groups excluding carboxylic acids is 1. The maximum absolute atomic E-state index is 12.4. The van der Waals surface area contributed by atoms with Crippen LogP contribution in [0.1, 0.15) is 117 Å². The molecule has 1 aromatic rings. The number of benzene rings is 1. The summed E-state index contributed by atoms with van der Waals surface area (Å²) in [6.07, 6.45) is 14.8. The molecule has 0 aromatic heterocycles. The van der Waals surface area contributed by atoms with E-state index in [9.17, 15) is 14.7 Å². The van der Waals surface area contributed by atoms with Gasteiger partial charge in [-0.25, -0.2) is 9.59 Å². The van der Waals surface area contributed by atoms with Gasteiger partial charge in [0.25, 0.3) is 0 Å². The van der Waals surface area contributed by atoms with E-state index in [1.54, 1.807) is 6.07 Å². The van der Waals surface area contributed by atoms with Crippen molar-refractivity contribution in [1.82, 2.24) is 0 Å². The highest BCUT2D eigenvalue weighted by Crippen LogP contribution is 2.17. The second-order valence-electron chi connectivity index (χ2n) is 7.61. The average Bonchev–Trinajstić information content (AvgIpc) is 2.69. The number of hydrogen-bond acceptors (Lipinski definition) is 3. The fraction of sp³-hybridized carbons (Fsp3) is 0.667. The van der Waals surface area contributed by atoms with Crippen molar-refractivity contribution in [3.63, 3.8) is 0 Å². The van der Waals surface area contributed by atoms with Gasteiger partial charge in [0, 0.05) is 0 Å². The quantitative estimate of drug-likeness (QED) is 0.249. The second-order valence-corrected chi connectivity index (χ2v) is 7.61. The predicted octanol–water partition coefficient (Wildman–Crippen LogP) is 6.81. The van der Waals surface area contributed by atoms with E-state index < -0.39 is 11.9 Å². The Morgan fingerprint density at radius 1 is 0.786 bits per heavy atom. The Morgan fingerprint density at radius 2 is 1.36 bits per heavy atom. The molecule has 0 radical (unpaired) electrons. The molecule has 1 rings (SSSR count). The van der Waals surface area contributed by atoms with E-state index in [4.69, 9.17) is 4.74 Å². The standard InChI is InChI=1S/C24H38O4/c1-3-5-7-9-11-13-15-20-16-17-21(23(25)26)22(19-20)24(27)28-18-14-12-10-8-6-4-2/h16-17,19H,3-15,18H2,1-2H3,(H,25,26). The number of carboxylic acid groups (broad SMARTS) is 1. The van der Waals surface area contributed by atoms with Gasteiger partial charge in [-0.1, -0.05) is 84.1 Å². The first-order chi connectivity index (χ1) is 13.6. The molecule has 0 unspecified atom stereocenters. The molecule has 1 N–H and O–H groups in total. The van der Waals surface area contributed by atoms with E-state index in [1.165, 1.54) is 57.4 Å². The number of carbonyl (C=O) groups is 2. The van der Waals surface area contributed by atoms with Crippen LogP contribution in [0.25, 0.3) is 0 Å². The Hall–Kier alpha value is -1.84. The number of unbranched alkanes of at least 4 members (excludes halogenated alkanes) is 10. The van der Waals surface area contributed by atoms with Crippen LogP contribution >= 0.6 is 0 Å². The molecule has 0 heterocycles. The highest BCUT2D eigenvalue weighted by atomic mass is 16.5. The van der Waals surface area contributed by atoms with Crippen LogP contribution in [0, 0.1) is 0 Å². The molecule has 0 atom stereocenters. The Balaban J connectivity index is 2.51. The molecule has 0 aliphatic heterocycles. The lowest BCUT2D eigenvalue weighted by molar-refractivity contribution is 0.0487. The highest BCUT2D eigenvalue weighted by molar-refractivity contribution is 6.02. The molecule has 0 saturated carbocycles. The first kappa shape index (κ1) is 24.2. The maximum Gasteiger partial charge on any atom is 0.339 e. The Morgan fingerprint density at radius 3 is 1.96 bits per heavy atom. The molecule has 0 bridgehead atoms. The van der Waals surface area contributed by atoms with Crippen molar-refractivity contribution in [2.45, 2.75) is 97.3 Å². The number of carboxylic acids is 1. The molecule has 0 aliphatic carbocycles. The van der Waals surface area contributed by atoms with Crippen LogP contribution in [0.2, 0.25) is 0 Å². The fourth-order valence-electron chi connectivity index (χ4n) is 3.34. The smallest absolute Gasteiger partial charge is 0.339 e. The largest absolute Gasteiger partial charge is 0.478 e. The van der Waals surface area contributed by atoms with Crippen molar-refractivity contribution in [2.75, 3.05) is 6.61 Å². The summed E-state index contributed by atoms with van der Waals surface area (Å²) in [4.78, 5) is 23.9. The fourth-order valence-corrected chi connectivity index (χ4v) is 3.34. The Kier molecular flexibility index (Phi) is 13.1. The summed E-state index contributed by atoms with van der Waals surface area (Å²) >= 11 is 0. The summed E-state index contributed by atoms with van der Waals surface area (Å²) in [5, 5.41) is 9.39. The van der Waals surface area contributed by atoms with Crippen molar-refractivity contribution in [2.24, 2.45) is 0 Å². The van der Waals surface area contributed by atoms with Crippen molar-refractivity contribution < 1.29 is 19.4 Å². The Labute approximate surface area is 170 Å². The van der Waals surface area contributed by atoms with Crippen LogP contribution in [-0.2, 0) is 11.2 Å². The lowest BCUT2D eigenvalue weighted by Crippen LogP contribution is -2.13. The summed E-state index contributed by atoms with van der Waals surface area (Å²) < 4.78 is 5.35. The highest BCUT2D eigenvalue weighted by Gasteiger charge is 2.18. The first-order valence-corrected chi connectivity index (χ1v) is 11.1. The molecule has 28 heavy (non-hydrogen) atoms. The van der Waals surface area contributed by atoms with Crippen LogP contribution in [0.3, 0.4) is 0 Å². The average molecular weight is 391 g/mol. The summed E-state index contributed by atoms with van der Waals surface area (Å²) in [7, 11) is 0. The molecule has 4 nitrogen and oxygen atoms in total. The molecular formula is C24H38O4. The lowest BCUT2D eigenvalue weighted by Gasteiger charge is -2.10. The third-order valence-electron chi connectivity index (χ3n) is 5.08. The van der Waals surface area contributed by atoms with Gasteiger partial charge in [-0.15, -0.1) is 0 Å². The minimum Gasteiger partial charge on any atom is -0.478 e. The van der Waals surface area contributed by atoms with Crippen LogP contribution in [0.5, 0.6) is 0 Å². The van der Waals surface area contributed by atoms with Gasteiger partial charge in [0.15, 0.2) is 0 Å². The molecule has 0 saturated heterocycles. The lowest BCUT2D eigenvalue weighted by atomic mass is 9.99. The third-order valence-corrected chi connectivity index (χ3v) is 5.08. The van der Waals surface area contributed by atoms with E-state index >= 15 is 0 Å². The number of aromatic carboxylic acids is 1. The minimum absolute atomic E-state index is 0.0274. The van der Waals surface area contributed by atoms with Gasteiger partial charge >= 0.3 is 11.9 Å². The molecule has 0 spiro atoms. The zero-order chi connectivity index (χ0) is 20.6. The van der Waals surface area contributed by atoms with E-state index in [-0.39, 0.29) is 11.1 Å². The van der Waals surface area contributed by atoms with Crippen molar-refractivity contribution in [1.29, 1.82) is 0 Å². The van der Waals surface area contributed by atoms with Crippen molar-refractivity contribution >= 4 is 11.9 Å². The number of esters is 1. The molecule has 1 aromatic carbocycles. The van der Waals surface area contributed by atoms with Gasteiger partial charge in [0.2, 0.25) is 0 Å². The summed E-state index contributed by atoms with van der Waals surface area (Å²) in [6, 6.07) is 5.06. The first-order valence-electron chi connectivity index (χ1n) is 11.1. The number of rotatable bonds is 16. The van der Waals surface area contributed by atoms with E-state index in [0.717, 1.165) is 37.7 Å². The zero-order valence-electron chi connectivity index (χ0n) is 17.8. The summed E-state index contributed by atoms with van der Waals surface area (Å²) in [5.41, 5.74) is 1.22. The summed E-state index contributed by atoms with van der Waals surface area (Å²) in [6.45, 7) is 4.74. The molecular weight excluding hydrogens is 352 g/mol. The van der Waals surface area contributed by atoms with Crippen LogP contribution in [0.15, 0.2) is 18.2 Å². The Bertz CT molecular complexity index is 580. The van der Waals surface area contributed by atoms with Crippen LogP contribution in [0.4, 0.5) is 0 Å². The normalized spacial score (nSPS) is 10.8. The minimum atomic E-state index is -1.09. The van der Waals surface area contributed by atoms with Gasteiger partial charge in [-0.05, 0) is 37.0 Å². The molecule has 0 aliphatic rings. The SMILES string of the molecule is CCCCCCCCOC(=O)c1cc(CCCCCCCC)ccc1C(=O)O. The number of hydrogen-bond donors (Lipinski definition) is 1. The monoisotopic (exact) mass is 390 g/mol. The zero-order valence-corrected chi connectivity index (χ0v) is 17.8. The van der Waals surface area contributed by atoms with Gasteiger partial charge in [0.05, 0.1) is 17.7 Å². The second kappa shape index (κ2) is 15.1. The number of aryl methyl sites for hydroxylation is 1. The molecule has 0 amide bonds. The third kappa shape index (κ3) is 9.91.